The van der Waals surface area contributed by atoms with Gasteiger partial charge in [0.15, 0.2) is 5.96 Å². The molecule has 5 heterocycles. The molecule has 0 radical (unpaired) electrons. The maximum atomic E-state index is 13.5. The van der Waals surface area contributed by atoms with Crippen molar-refractivity contribution in [2.24, 2.45) is 16.5 Å². The van der Waals surface area contributed by atoms with E-state index >= 15 is 0 Å². The van der Waals surface area contributed by atoms with Crippen LogP contribution in [-0.2, 0) is 9.59 Å². The number of guanidine groups is 2. The Balaban J connectivity index is 1.31. The average Bonchev–Trinajstić information content (AvgIpc) is 3.50. The molecule has 14 heteroatoms. The lowest BCUT2D eigenvalue weighted by Gasteiger charge is -2.44. The molecule has 0 aliphatic carbocycles. The second-order valence-electron chi connectivity index (χ2n) is 10.7. The minimum absolute atomic E-state index is 0.0585. The highest BCUT2D eigenvalue weighted by molar-refractivity contribution is 6.02. The van der Waals surface area contributed by atoms with Crippen molar-refractivity contribution >= 4 is 29.6 Å². The number of imide groups is 1. The van der Waals surface area contributed by atoms with Crippen LogP contribution in [-0.4, -0.2) is 98.6 Å². The van der Waals surface area contributed by atoms with Crippen LogP contribution in [0.2, 0.25) is 0 Å². The van der Waals surface area contributed by atoms with Crippen molar-refractivity contribution in [3.8, 4) is 5.75 Å². The third kappa shape index (κ3) is 3.58. The Kier molecular flexibility index (Phi) is 5.73. The molecular weight excluding hydrogens is 508 g/mol. The first-order chi connectivity index (χ1) is 18.6. The first-order valence-corrected chi connectivity index (χ1v) is 13.2. The molecule has 0 bridgehead atoms. The van der Waals surface area contributed by atoms with E-state index in [4.69, 9.17) is 16.2 Å². The molecule has 2 fully saturated rings. The number of nitrogens with one attached hydrogen (secondary N) is 3. The van der Waals surface area contributed by atoms with Gasteiger partial charge in [0.1, 0.15) is 23.9 Å². The van der Waals surface area contributed by atoms with E-state index < -0.39 is 35.5 Å². The van der Waals surface area contributed by atoms with E-state index in [-0.39, 0.29) is 55.6 Å². The van der Waals surface area contributed by atoms with Crippen molar-refractivity contribution in [3.05, 3.63) is 29.3 Å². The van der Waals surface area contributed by atoms with Gasteiger partial charge in [0.25, 0.3) is 5.91 Å². The Labute approximate surface area is 224 Å². The van der Waals surface area contributed by atoms with E-state index in [1.807, 2.05) is 6.07 Å². The van der Waals surface area contributed by atoms with Crippen LogP contribution in [0.3, 0.4) is 0 Å². The van der Waals surface area contributed by atoms with Gasteiger partial charge >= 0.3 is 5.96 Å². The summed E-state index contributed by atoms with van der Waals surface area (Å²) in [6.07, 6.45) is 1.99. The first kappa shape index (κ1) is 25.4. The molecule has 1 aromatic carbocycles. The SMILES string of the molecule is CCC1CCOc2c(C(=O)NC3C[N+]4=C(N)N[C@@H](CN5C(=O)CCC5=O)C5N=C(N)NC54C3(O)O)cccc21. The van der Waals surface area contributed by atoms with Crippen LogP contribution in [0, 0.1) is 0 Å². The molecule has 5 aliphatic heterocycles. The molecule has 2 saturated heterocycles. The Hall–Kier alpha value is -3.91. The number of fused-ring (bicyclic) bond motifs is 1. The molecule has 208 valence electrons. The highest BCUT2D eigenvalue weighted by atomic mass is 16.5. The zero-order valence-corrected chi connectivity index (χ0v) is 21.5. The summed E-state index contributed by atoms with van der Waals surface area (Å²) in [6.45, 7) is 2.40. The number of para-hydroxylation sites is 1. The van der Waals surface area contributed by atoms with E-state index in [9.17, 15) is 24.6 Å². The summed E-state index contributed by atoms with van der Waals surface area (Å²) in [7, 11) is 0. The number of rotatable bonds is 5. The van der Waals surface area contributed by atoms with Crippen molar-refractivity contribution < 1.29 is 33.9 Å². The van der Waals surface area contributed by atoms with Crippen LogP contribution in [0.4, 0.5) is 0 Å². The van der Waals surface area contributed by atoms with Gasteiger partial charge in [0.05, 0.1) is 25.3 Å². The van der Waals surface area contributed by atoms with Gasteiger partial charge in [-0.2, -0.15) is 0 Å². The summed E-state index contributed by atoms with van der Waals surface area (Å²) in [4.78, 5) is 43.6. The number of likely N-dealkylation sites (tertiary alicyclic amines) is 1. The highest BCUT2D eigenvalue weighted by Gasteiger charge is 2.75. The molecule has 5 atom stereocenters. The number of hydrogen-bond donors (Lipinski definition) is 7. The predicted octanol–water partition coefficient (Wildman–Crippen LogP) is -2.81. The maximum absolute atomic E-state index is 13.5. The molecular formula is C25H33N8O6+. The monoisotopic (exact) mass is 541 g/mol. The van der Waals surface area contributed by atoms with Gasteiger partial charge in [-0.1, -0.05) is 19.1 Å². The van der Waals surface area contributed by atoms with Gasteiger partial charge in [-0.3, -0.25) is 30.3 Å². The average molecular weight is 542 g/mol. The molecule has 1 spiro atoms. The largest absolute Gasteiger partial charge is 0.492 e. The third-order valence-electron chi connectivity index (χ3n) is 8.64. The van der Waals surface area contributed by atoms with Crippen molar-refractivity contribution in [2.45, 2.75) is 68.1 Å². The lowest BCUT2D eigenvalue weighted by atomic mass is 9.85. The molecule has 3 amide bonds. The maximum Gasteiger partial charge on any atom is 0.346 e. The molecule has 0 aromatic heterocycles. The van der Waals surface area contributed by atoms with Crippen molar-refractivity contribution in [1.29, 1.82) is 0 Å². The smallest absolute Gasteiger partial charge is 0.346 e. The Morgan fingerprint density at radius 3 is 2.74 bits per heavy atom. The van der Waals surface area contributed by atoms with Crippen molar-refractivity contribution in [3.63, 3.8) is 0 Å². The summed E-state index contributed by atoms with van der Waals surface area (Å²) in [6, 6.07) is 2.41. The Morgan fingerprint density at radius 1 is 1.28 bits per heavy atom. The lowest BCUT2D eigenvalue weighted by molar-refractivity contribution is -0.623. The highest BCUT2D eigenvalue weighted by Crippen LogP contribution is 2.42. The van der Waals surface area contributed by atoms with Crippen LogP contribution in [0.1, 0.15) is 54.4 Å². The number of benzene rings is 1. The quantitative estimate of drug-likeness (QED) is 0.116. The predicted molar refractivity (Wildman–Crippen MR) is 136 cm³/mol. The number of aliphatic hydroxyl groups is 2. The number of carbonyl (C=O) groups is 3. The Morgan fingerprint density at radius 2 is 2.03 bits per heavy atom. The standard InChI is InChI=1S/C25H32N8O6/c1-2-12-8-9-39-19-13(12)4-3-5-14(19)21(36)29-16-11-33-23(27)28-15(10-32-17(34)6-7-18(32)35)20-24(33,25(16,37)38)31-22(26)30-20/h3-5,12,15-16,20,37-38H,2,6-11H2,1H3,(H6,26,27,28,29,30,31,36)/p+1/t12?,15-,16?,20?,24?/m0/s1. The fourth-order valence-electron chi connectivity index (χ4n) is 6.67. The normalized spacial score (nSPS) is 32.5. The van der Waals surface area contributed by atoms with E-state index in [0.29, 0.717) is 17.9 Å². The van der Waals surface area contributed by atoms with E-state index in [1.165, 1.54) is 4.58 Å². The number of ether oxygens (including phenoxy) is 1. The summed E-state index contributed by atoms with van der Waals surface area (Å²) in [5.74, 6) is -3.04. The molecule has 9 N–H and O–H groups in total. The van der Waals surface area contributed by atoms with Crippen molar-refractivity contribution in [1.82, 2.24) is 20.9 Å². The summed E-state index contributed by atoms with van der Waals surface area (Å²) in [5, 5.41) is 32.1. The summed E-state index contributed by atoms with van der Waals surface area (Å²) < 4.78 is 7.35. The van der Waals surface area contributed by atoms with E-state index in [2.05, 4.69) is 27.9 Å². The number of hydrogen-bond acceptors (Lipinski definition) is 11. The van der Waals surface area contributed by atoms with Crippen LogP contribution < -0.4 is 32.2 Å². The van der Waals surface area contributed by atoms with Gasteiger partial charge in [-0.25, -0.2) is 9.57 Å². The first-order valence-electron chi connectivity index (χ1n) is 13.2. The van der Waals surface area contributed by atoms with Gasteiger partial charge in [0, 0.05) is 12.8 Å². The molecule has 0 saturated carbocycles. The fraction of sp³-hybridized carbons (Fsp3) is 0.560. The molecule has 5 aliphatic rings. The summed E-state index contributed by atoms with van der Waals surface area (Å²) in [5.41, 5.74) is 11.9. The zero-order chi connectivity index (χ0) is 27.7. The number of nitrogens with zero attached hydrogens (tertiary/aromatic N) is 3. The number of amides is 3. The van der Waals surface area contributed by atoms with Gasteiger partial charge in [0.2, 0.25) is 23.3 Å². The second-order valence-corrected chi connectivity index (χ2v) is 10.7. The fourth-order valence-corrected chi connectivity index (χ4v) is 6.67. The third-order valence-corrected chi connectivity index (χ3v) is 8.64. The zero-order valence-electron chi connectivity index (χ0n) is 21.5. The van der Waals surface area contributed by atoms with Crippen molar-refractivity contribution in [2.75, 3.05) is 19.7 Å². The van der Waals surface area contributed by atoms with Crippen LogP contribution in [0.5, 0.6) is 5.75 Å². The molecule has 39 heavy (non-hydrogen) atoms. The van der Waals surface area contributed by atoms with Gasteiger partial charge in [-0.15, -0.1) is 0 Å². The van der Waals surface area contributed by atoms with Crippen LogP contribution in [0.15, 0.2) is 23.2 Å². The van der Waals surface area contributed by atoms with Gasteiger partial charge in [-0.05, 0) is 30.4 Å². The topological polar surface area (TPSA) is 208 Å². The lowest BCUT2D eigenvalue weighted by Crippen LogP contribution is -2.79. The number of carbonyl (C=O) groups excluding carboxylic acids is 3. The molecule has 1 aromatic rings. The van der Waals surface area contributed by atoms with E-state index in [0.717, 1.165) is 23.3 Å². The minimum Gasteiger partial charge on any atom is -0.492 e. The molecule has 4 unspecified atom stereocenters. The van der Waals surface area contributed by atoms with E-state index in [1.54, 1.807) is 12.1 Å². The molecule has 6 rings (SSSR count). The van der Waals surface area contributed by atoms with Gasteiger partial charge < -0.3 is 31.3 Å². The van der Waals surface area contributed by atoms with Crippen LogP contribution >= 0.6 is 0 Å². The minimum atomic E-state index is -2.62. The number of nitrogens with two attached hydrogens (primary N) is 2. The summed E-state index contributed by atoms with van der Waals surface area (Å²) >= 11 is 0. The second kappa shape index (κ2) is 8.81. The Bertz CT molecular complexity index is 1310. The van der Waals surface area contributed by atoms with Crippen LogP contribution in [0.25, 0.3) is 0 Å². The molecule has 14 nitrogen and oxygen atoms in total. The number of aliphatic imine (C=N–C) groups is 1.